The van der Waals surface area contributed by atoms with E-state index in [9.17, 15) is 0 Å². The van der Waals surface area contributed by atoms with E-state index in [-0.39, 0.29) is 0 Å². The molecule has 2 aromatic heterocycles. The second kappa shape index (κ2) is 5.88. The summed E-state index contributed by atoms with van der Waals surface area (Å²) >= 11 is 1.78. The van der Waals surface area contributed by atoms with E-state index in [1.54, 1.807) is 22.2 Å². The van der Waals surface area contributed by atoms with Gasteiger partial charge in [0.05, 0.1) is 29.8 Å². The number of hydrogen-bond acceptors (Lipinski definition) is 4. The summed E-state index contributed by atoms with van der Waals surface area (Å²) in [4.78, 5) is 1.35. The van der Waals surface area contributed by atoms with E-state index in [1.807, 2.05) is 24.4 Å². The second-order valence-corrected chi connectivity index (χ2v) is 5.46. The number of nitrogens with one attached hydrogen (secondary N) is 1. The van der Waals surface area contributed by atoms with Crippen molar-refractivity contribution in [1.29, 1.82) is 0 Å². The Labute approximate surface area is 122 Å². The molecule has 1 atom stereocenters. The van der Waals surface area contributed by atoms with Crippen molar-refractivity contribution in [3.63, 3.8) is 0 Å². The zero-order chi connectivity index (χ0) is 13.8. The van der Waals surface area contributed by atoms with Gasteiger partial charge in [-0.2, -0.15) is 0 Å². The lowest BCUT2D eigenvalue weighted by atomic mass is 10.1. The number of aromatic nitrogens is 3. The number of anilines is 1. The van der Waals surface area contributed by atoms with Gasteiger partial charge < -0.3 is 5.32 Å². The summed E-state index contributed by atoms with van der Waals surface area (Å²) < 4.78 is 1.78. The lowest BCUT2D eigenvalue weighted by molar-refractivity contribution is 0.755. The second-order valence-electron chi connectivity index (χ2n) is 4.49. The number of nitrogens with zero attached hydrogens (tertiary/aromatic N) is 3. The molecule has 20 heavy (non-hydrogen) atoms. The number of para-hydroxylation sites is 2. The Morgan fingerprint density at radius 1 is 1.25 bits per heavy atom. The summed E-state index contributed by atoms with van der Waals surface area (Å²) in [6, 6.07) is 12.7. The lowest BCUT2D eigenvalue weighted by Crippen LogP contribution is -2.10. The highest BCUT2D eigenvalue weighted by Gasteiger charge is 2.12. The molecule has 4 nitrogen and oxygen atoms in total. The van der Waals surface area contributed by atoms with Crippen LogP contribution in [0.15, 0.2) is 54.2 Å². The number of benzene rings is 1. The van der Waals surface area contributed by atoms with Crippen LogP contribution in [0.3, 0.4) is 0 Å². The van der Waals surface area contributed by atoms with Crippen molar-refractivity contribution >= 4 is 17.0 Å². The Hall–Kier alpha value is -2.14. The molecular formula is C15H16N4S. The van der Waals surface area contributed by atoms with Gasteiger partial charge in [0, 0.05) is 4.88 Å². The Morgan fingerprint density at radius 3 is 2.85 bits per heavy atom. The van der Waals surface area contributed by atoms with Crippen molar-refractivity contribution in [2.45, 2.75) is 19.4 Å². The predicted molar refractivity (Wildman–Crippen MR) is 82.3 cm³/mol. The Morgan fingerprint density at radius 2 is 2.15 bits per heavy atom. The van der Waals surface area contributed by atoms with Crippen LogP contribution in [0.25, 0.3) is 5.69 Å². The molecule has 1 unspecified atom stereocenters. The minimum absolute atomic E-state index is 0.319. The van der Waals surface area contributed by atoms with Crippen LogP contribution in [0, 0.1) is 0 Å². The van der Waals surface area contributed by atoms with Crippen LogP contribution in [0.2, 0.25) is 0 Å². The molecule has 3 aromatic rings. The summed E-state index contributed by atoms with van der Waals surface area (Å²) in [6.07, 6.45) is 4.58. The summed E-state index contributed by atoms with van der Waals surface area (Å²) in [6.45, 7) is 2.19. The first-order valence-electron chi connectivity index (χ1n) is 6.64. The van der Waals surface area contributed by atoms with Crippen molar-refractivity contribution in [2.75, 3.05) is 5.32 Å². The Balaban J connectivity index is 1.91. The van der Waals surface area contributed by atoms with Crippen LogP contribution in [-0.2, 0) is 0 Å². The highest BCUT2D eigenvalue weighted by Crippen LogP contribution is 2.28. The Kier molecular flexibility index (Phi) is 3.78. The lowest BCUT2D eigenvalue weighted by Gasteiger charge is -2.19. The van der Waals surface area contributed by atoms with E-state index in [1.165, 1.54) is 4.88 Å². The molecule has 0 saturated heterocycles. The van der Waals surface area contributed by atoms with Gasteiger partial charge in [0.25, 0.3) is 0 Å². The van der Waals surface area contributed by atoms with E-state index < -0.39 is 0 Å². The van der Waals surface area contributed by atoms with Gasteiger partial charge in [-0.05, 0) is 30.0 Å². The average molecular weight is 284 g/mol. The summed E-state index contributed by atoms with van der Waals surface area (Å²) in [7, 11) is 0. The largest absolute Gasteiger partial charge is 0.376 e. The van der Waals surface area contributed by atoms with Gasteiger partial charge in [0.1, 0.15) is 0 Å². The smallest absolute Gasteiger partial charge is 0.0894 e. The minimum atomic E-state index is 0.319. The quantitative estimate of drug-likeness (QED) is 0.773. The molecule has 1 N–H and O–H groups in total. The van der Waals surface area contributed by atoms with Crippen LogP contribution in [0.5, 0.6) is 0 Å². The van der Waals surface area contributed by atoms with Crippen LogP contribution < -0.4 is 5.32 Å². The molecule has 102 valence electrons. The predicted octanol–water partition coefficient (Wildman–Crippen LogP) is 3.89. The molecule has 2 heterocycles. The fraction of sp³-hybridized carbons (Fsp3) is 0.200. The van der Waals surface area contributed by atoms with Gasteiger partial charge in [0.2, 0.25) is 0 Å². The maximum Gasteiger partial charge on any atom is 0.0894 e. The molecular weight excluding hydrogens is 268 g/mol. The van der Waals surface area contributed by atoms with E-state index in [4.69, 9.17) is 0 Å². The molecule has 0 aliphatic carbocycles. The normalized spacial score (nSPS) is 12.2. The van der Waals surface area contributed by atoms with Crippen molar-refractivity contribution < 1.29 is 0 Å². The number of rotatable bonds is 5. The standard InChI is InChI=1S/C15H16N4S/c1-2-12(15-8-5-11-20-15)17-13-6-3-4-7-14(13)19-10-9-16-18-19/h3-12,17H,2H2,1H3. The average Bonchev–Trinajstić information content (AvgIpc) is 3.18. The maximum atomic E-state index is 4.07. The maximum absolute atomic E-state index is 4.07. The van der Waals surface area contributed by atoms with Gasteiger partial charge in [-0.1, -0.05) is 30.3 Å². The molecule has 0 amide bonds. The van der Waals surface area contributed by atoms with Gasteiger partial charge >= 0.3 is 0 Å². The topological polar surface area (TPSA) is 42.7 Å². The molecule has 0 aliphatic heterocycles. The van der Waals surface area contributed by atoms with E-state index >= 15 is 0 Å². The van der Waals surface area contributed by atoms with Crippen LogP contribution in [-0.4, -0.2) is 15.0 Å². The third-order valence-electron chi connectivity index (χ3n) is 3.20. The van der Waals surface area contributed by atoms with Gasteiger partial charge in [0.15, 0.2) is 0 Å². The fourth-order valence-electron chi connectivity index (χ4n) is 2.18. The van der Waals surface area contributed by atoms with E-state index in [0.29, 0.717) is 6.04 Å². The monoisotopic (exact) mass is 284 g/mol. The third kappa shape index (κ3) is 2.58. The van der Waals surface area contributed by atoms with Gasteiger partial charge in [-0.15, -0.1) is 16.4 Å². The first-order chi connectivity index (χ1) is 9.88. The zero-order valence-electron chi connectivity index (χ0n) is 11.2. The molecule has 0 fully saturated rings. The number of hydrogen-bond donors (Lipinski definition) is 1. The molecule has 0 radical (unpaired) electrons. The molecule has 0 saturated carbocycles. The third-order valence-corrected chi connectivity index (χ3v) is 4.18. The molecule has 0 bridgehead atoms. The SMILES string of the molecule is CCC(Nc1ccccc1-n1ccnn1)c1cccs1. The van der Waals surface area contributed by atoms with Crippen LogP contribution in [0.1, 0.15) is 24.3 Å². The van der Waals surface area contributed by atoms with E-state index in [0.717, 1.165) is 17.8 Å². The van der Waals surface area contributed by atoms with Crippen LogP contribution in [0.4, 0.5) is 5.69 Å². The summed E-state index contributed by atoms with van der Waals surface area (Å²) in [5, 5.41) is 13.7. The van der Waals surface area contributed by atoms with Crippen molar-refractivity contribution in [3.05, 3.63) is 59.0 Å². The molecule has 1 aromatic carbocycles. The first-order valence-corrected chi connectivity index (χ1v) is 7.52. The first kappa shape index (κ1) is 12.9. The molecule has 0 aliphatic rings. The fourth-order valence-corrected chi connectivity index (χ4v) is 3.05. The van der Waals surface area contributed by atoms with E-state index in [2.05, 4.69) is 46.1 Å². The minimum Gasteiger partial charge on any atom is -0.376 e. The highest BCUT2D eigenvalue weighted by molar-refractivity contribution is 7.10. The summed E-state index contributed by atoms with van der Waals surface area (Å²) in [5.41, 5.74) is 2.08. The van der Waals surface area contributed by atoms with Crippen molar-refractivity contribution in [1.82, 2.24) is 15.0 Å². The Bertz CT molecular complexity index is 646. The van der Waals surface area contributed by atoms with Crippen molar-refractivity contribution in [3.8, 4) is 5.69 Å². The van der Waals surface area contributed by atoms with Gasteiger partial charge in [-0.25, -0.2) is 4.68 Å². The zero-order valence-corrected chi connectivity index (χ0v) is 12.0. The van der Waals surface area contributed by atoms with Crippen LogP contribution >= 0.6 is 11.3 Å². The highest BCUT2D eigenvalue weighted by atomic mass is 32.1. The number of thiophene rings is 1. The summed E-state index contributed by atoms with van der Waals surface area (Å²) in [5.74, 6) is 0. The van der Waals surface area contributed by atoms with Crippen molar-refractivity contribution in [2.24, 2.45) is 0 Å². The van der Waals surface area contributed by atoms with Gasteiger partial charge in [-0.3, -0.25) is 0 Å². The molecule has 0 spiro atoms. The molecule has 5 heteroatoms. The molecule has 3 rings (SSSR count).